The molecule has 4 saturated heterocycles. The van der Waals surface area contributed by atoms with E-state index in [0.717, 1.165) is 36.1 Å². The smallest absolute Gasteiger partial charge is 0.329 e. The lowest BCUT2D eigenvalue weighted by Crippen LogP contribution is -2.58. The van der Waals surface area contributed by atoms with Crippen molar-refractivity contribution in [3.05, 3.63) is 69.6 Å². The number of imide groups is 1. The van der Waals surface area contributed by atoms with Gasteiger partial charge in [-0.2, -0.15) is 0 Å². The van der Waals surface area contributed by atoms with E-state index in [1.54, 1.807) is 22.9 Å². The number of benzene rings is 2. The number of carbonyl (C=O) groups excluding carboxylic acids is 8. The van der Waals surface area contributed by atoms with Crippen LogP contribution in [0, 0.1) is 17.6 Å². The van der Waals surface area contributed by atoms with E-state index in [1.165, 1.54) is 27.0 Å². The molecule has 0 aliphatic carbocycles. The molecule has 8 amide bonds. The van der Waals surface area contributed by atoms with Crippen molar-refractivity contribution < 1.29 is 47.1 Å². The minimum atomic E-state index is -1.34. The summed E-state index contributed by atoms with van der Waals surface area (Å²) < 4.78 is 31.4. The Kier molecular flexibility index (Phi) is 15.2. The fraction of sp³-hybridized carbons (Fsp3) is 0.553. The first-order valence-electron chi connectivity index (χ1n) is 23.2. The van der Waals surface area contributed by atoms with Crippen molar-refractivity contribution in [2.75, 3.05) is 26.2 Å². The molecule has 0 saturated carbocycles. The first-order chi connectivity index (χ1) is 32.0. The number of rotatable bonds is 15. The largest absolute Gasteiger partial charge is 0.370 e. The van der Waals surface area contributed by atoms with Crippen LogP contribution in [0.25, 0.3) is 11.0 Å². The predicted molar refractivity (Wildman–Crippen MR) is 238 cm³/mol. The van der Waals surface area contributed by atoms with Crippen molar-refractivity contribution in [2.24, 2.45) is 18.7 Å². The summed E-state index contributed by atoms with van der Waals surface area (Å²) in [7, 11) is 1.67. The normalized spacial score (nSPS) is 21.3. The molecule has 18 nitrogen and oxygen atoms in total. The van der Waals surface area contributed by atoms with Gasteiger partial charge >= 0.3 is 5.69 Å². The van der Waals surface area contributed by atoms with Crippen LogP contribution in [0.15, 0.2) is 41.2 Å². The Morgan fingerprint density at radius 2 is 1.60 bits per heavy atom. The van der Waals surface area contributed by atoms with Gasteiger partial charge in [-0.05, 0) is 99.5 Å². The summed E-state index contributed by atoms with van der Waals surface area (Å²) in [5, 5.41) is 7.78. The van der Waals surface area contributed by atoms with Crippen molar-refractivity contribution in [1.29, 1.82) is 0 Å². The number of nitrogens with zero attached hydrogens (tertiary/aromatic N) is 5. The molecule has 0 spiro atoms. The number of imidazole rings is 1. The van der Waals surface area contributed by atoms with Gasteiger partial charge in [0.2, 0.25) is 47.3 Å². The van der Waals surface area contributed by atoms with Crippen LogP contribution >= 0.6 is 0 Å². The Morgan fingerprint density at radius 3 is 2.30 bits per heavy atom. The molecule has 4 aliphatic rings. The maximum absolute atomic E-state index is 14.4. The fourth-order valence-electron chi connectivity index (χ4n) is 10.3. The zero-order valence-electron chi connectivity index (χ0n) is 37.9. The second-order valence-corrected chi connectivity index (χ2v) is 18.3. The Bertz CT molecular complexity index is 2500. The highest BCUT2D eigenvalue weighted by atomic mass is 19.2. The molecule has 3 aromatic rings. The highest BCUT2D eigenvalue weighted by molar-refractivity contribution is 6.00. The number of amides is 8. The molecule has 4 aliphatic heterocycles. The van der Waals surface area contributed by atoms with Gasteiger partial charge < -0.3 is 31.1 Å². The number of likely N-dealkylation sites (tertiary alicyclic amines) is 1. The van der Waals surface area contributed by atoms with E-state index in [-0.39, 0.29) is 86.0 Å². The second kappa shape index (κ2) is 21.0. The lowest BCUT2D eigenvalue weighted by atomic mass is 9.90. The molecule has 7 rings (SSSR count). The van der Waals surface area contributed by atoms with Crippen molar-refractivity contribution in [3.63, 3.8) is 0 Å². The monoisotopic (exact) mass is 931 g/mol. The number of halogens is 2. The zero-order chi connectivity index (χ0) is 48.1. The number of carbonyl (C=O) groups is 8. The van der Waals surface area contributed by atoms with Crippen LogP contribution in [-0.4, -0.2) is 121 Å². The van der Waals surface area contributed by atoms with Crippen LogP contribution in [0.1, 0.15) is 101 Å². The number of para-hydroxylation sites is 1. The lowest BCUT2D eigenvalue weighted by Gasteiger charge is -2.36. The van der Waals surface area contributed by atoms with E-state index in [2.05, 4.69) is 16.0 Å². The van der Waals surface area contributed by atoms with Gasteiger partial charge in [-0.15, -0.1) is 0 Å². The first-order valence-corrected chi connectivity index (χ1v) is 23.2. The van der Waals surface area contributed by atoms with Gasteiger partial charge in [0.1, 0.15) is 24.2 Å². The summed E-state index contributed by atoms with van der Waals surface area (Å²) in [6.45, 7) is 2.80. The number of hydrogen-bond donors (Lipinski definition) is 4. The molecule has 5 atom stereocenters. The molecule has 0 radical (unpaired) electrons. The van der Waals surface area contributed by atoms with Crippen molar-refractivity contribution >= 4 is 58.3 Å². The van der Waals surface area contributed by atoms with E-state index in [9.17, 15) is 51.9 Å². The quantitative estimate of drug-likeness (QED) is 0.162. The standard InChI is InChI=1S/C47H59F2N9O9/c1-27(59)55-23-19-31-10-13-37(57(31)41(62)20-24-55)44(64)51-34(12-15-39(50)60)43(63)52-35(26-29-9-11-32(48)33(49)25-29)46(66)56-21-17-28(18-22-56)5-3-6-30-7-4-8-36-42(30)54(2)47(67)58(36)38-14-16-40(61)53-45(38)65/h4,7-9,11,25,28,31,34-35,37-38H,3,5-6,10,12-24,26H2,1-2H3,(H2,50,60)(H,51,64)(H,52,63)(H,53,61,65)/t31-,34+,35+,37+,38?/m1/s1. The van der Waals surface area contributed by atoms with Crippen molar-refractivity contribution in [2.45, 2.75) is 127 Å². The number of piperidine rings is 2. The third kappa shape index (κ3) is 11.1. The van der Waals surface area contributed by atoms with E-state index >= 15 is 0 Å². The van der Waals surface area contributed by atoms with Gasteiger partial charge in [-0.1, -0.05) is 18.2 Å². The summed E-state index contributed by atoms with van der Waals surface area (Å²) >= 11 is 0. The highest BCUT2D eigenvalue weighted by Gasteiger charge is 2.43. The molecule has 1 unspecified atom stereocenters. The van der Waals surface area contributed by atoms with Gasteiger partial charge in [0.25, 0.3) is 0 Å². The summed E-state index contributed by atoms with van der Waals surface area (Å²) in [5.41, 5.74) is 7.63. The van der Waals surface area contributed by atoms with Gasteiger partial charge in [-0.25, -0.2) is 13.6 Å². The molecular formula is C47H59F2N9O9. The molecule has 360 valence electrons. The zero-order valence-corrected chi connectivity index (χ0v) is 37.9. The fourth-order valence-corrected chi connectivity index (χ4v) is 10.3. The lowest BCUT2D eigenvalue weighted by molar-refractivity contribution is -0.144. The number of nitrogens with two attached hydrogens (primary N) is 1. The SMILES string of the molecule is CC(=O)N1CCC(=O)N2[C@H](CC[C@H]2C(=O)N[C@@H](CCC(N)=O)C(=O)N[C@@H](Cc2ccc(F)c(F)c2)C(=O)N2CCC(CCCc3cccc4c3n(C)c(=O)n4C3CCC(=O)NC3=O)CC2)CC1. The average Bonchev–Trinajstić information content (AvgIpc) is 3.82. The van der Waals surface area contributed by atoms with Crippen LogP contribution < -0.4 is 27.4 Å². The summed E-state index contributed by atoms with van der Waals surface area (Å²) in [6.07, 6.45) is 4.54. The minimum Gasteiger partial charge on any atom is -0.370 e. The summed E-state index contributed by atoms with van der Waals surface area (Å²) in [4.78, 5) is 122. The summed E-state index contributed by atoms with van der Waals surface area (Å²) in [5.74, 6) is -5.86. The maximum Gasteiger partial charge on any atom is 0.329 e. The predicted octanol–water partition coefficient (Wildman–Crippen LogP) is 1.64. The van der Waals surface area contributed by atoms with E-state index in [0.29, 0.717) is 63.7 Å². The van der Waals surface area contributed by atoms with E-state index < -0.39 is 65.3 Å². The van der Waals surface area contributed by atoms with Gasteiger partial charge in [0.15, 0.2) is 11.6 Å². The number of nitrogens with one attached hydrogen (secondary N) is 3. The molecule has 20 heteroatoms. The van der Waals surface area contributed by atoms with Crippen LogP contribution in [-0.2, 0) is 58.2 Å². The van der Waals surface area contributed by atoms with Crippen molar-refractivity contribution in [1.82, 2.24) is 39.8 Å². The average molecular weight is 932 g/mol. The van der Waals surface area contributed by atoms with Crippen LogP contribution in [0.4, 0.5) is 8.78 Å². The molecule has 4 fully saturated rings. The Labute approximate surface area is 385 Å². The number of primary amides is 1. The number of fused-ring (bicyclic) bond motifs is 2. The Hall–Kier alpha value is -6.47. The molecule has 2 aromatic carbocycles. The first kappa shape index (κ1) is 48.5. The molecule has 67 heavy (non-hydrogen) atoms. The number of aromatic nitrogens is 2. The number of hydrogen-bond acceptors (Lipinski definition) is 9. The van der Waals surface area contributed by atoms with Crippen LogP contribution in [0.5, 0.6) is 0 Å². The van der Waals surface area contributed by atoms with E-state index in [1.807, 2.05) is 12.1 Å². The molecule has 5 heterocycles. The molecule has 1 aromatic heterocycles. The minimum absolute atomic E-state index is 0.0292. The van der Waals surface area contributed by atoms with E-state index in [4.69, 9.17) is 5.73 Å². The van der Waals surface area contributed by atoms with Crippen molar-refractivity contribution in [3.8, 4) is 0 Å². The van der Waals surface area contributed by atoms with Gasteiger partial charge in [-0.3, -0.25) is 52.8 Å². The summed E-state index contributed by atoms with van der Waals surface area (Å²) in [6, 6.07) is 4.22. The third-order valence-electron chi connectivity index (χ3n) is 13.9. The van der Waals surface area contributed by atoms with Crippen LogP contribution in [0.2, 0.25) is 0 Å². The third-order valence-corrected chi connectivity index (χ3v) is 13.9. The van der Waals surface area contributed by atoms with Crippen LogP contribution in [0.3, 0.4) is 0 Å². The Morgan fingerprint density at radius 1 is 0.851 bits per heavy atom. The second-order valence-electron chi connectivity index (χ2n) is 18.3. The maximum atomic E-state index is 14.4. The topological polar surface area (TPSA) is 235 Å². The number of aryl methyl sites for hydroxylation is 2. The van der Waals surface area contributed by atoms with Gasteiger partial charge in [0.05, 0.1) is 11.0 Å². The molecule has 5 N–H and O–H groups in total. The highest BCUT2D eigenvalue weighted by Crippen LogP contribution is 2.31. The van der Waals surface area contributed by atoms with Gasteiger partial charge in [0, 0.05) is 71.9 Å². The molecule has 0 bridgehead atoms. The Balaban J connectivity index is 0.998. The molecular weight excluding hydrogens is 873 g/mol.